The first-order valence-electron chi connectivity index (χ1n) is 9.79. The molecule has 0 spiro atoms. The number of amides is 1. The number of methoxy groups -OCH3 is 2. The number of fused-ring (bicyclic) bond motifs is 1. The predicted octanol–water partition coefficient (Wildman–Crippen LogP) is 3.84. The summed E-state index contributed by atoms with van der Waals surface area (Å²) in [6.07, 6.45) is 1.02. The van der Waals surface area contributed by atoms with E-state index in [2.05, 4.69) is 30.0 Å². The van der Waals surface area contributed by atoms with E-state index in [4.69, 9.17) is 14.5 Å². The fourth-order valence-corrected chi connectivity index (χ4v) is 4.71. The van der Waals surface area contributed by atoms with Gasteiger partial charge in [-0.1, -0.05) is 30.4 Å². The fraction of sp³-hybridized carbons (Fsp3) is 0.364. The van der Waals surface area contributed by atoms with E-state index in [0.717, 1.165) is 30.2 Å². The molecule has 0 radical (unpaired) electrons. The van der Waals surface area contributed by atoms with Crippen LogP contribution in [0.15, 0.2) is 36.4 Å². The number of hydrogen-bond donors (Lipinski definition) is 0. The second-order valence-corrected chi connectivity index (χ2v) is 7.98. The summed E-state index contributed by atoms with van der Waals surface area (Å²) in [7, 11) is 3.14. The molecular formula is C22H25N3O3S. The molecule has 2 heterocycles. The van der Waals surface area contributed by atoms with E-state index in [1.54, 1.807) is 37.7 Å². The monoisotopic (exact) mass is 411 g/mol. The lowest BCUT2D eigenvalue weighted by Gasteiger charge is -2.35. The van der Waals surface area contributed by atoms with Crippen LogP contribution in [0.25, 0.3) is 10.2 Å². The number of benzene rings is 2. The van der Waals surface area contributed by atoms with Gasteiger partial charge in [0.05, 0.1) is 24.4 Å². The molecule has 0 atom stereocenters. The number of aromatic nitrogens is 1. The zero-order chi connectivity index (χ0) is 20.4. The number of ether oxygens (including phenoxy) is 2. The highest BCUT2D eigenvalue weighted by Gasteiger charge is 2.28. The standard InChI is InChI=1S/C22H25N3O3S/c1-4-15-8-9-16-19(14-15)29-22(23-16)25-12-10-24(11-13-25)21(26)20-17(27-2)6-5-7-18(20)28-3/h5-9,14H,4,10-13H2,1-3H3. The van der Waals surface area contributed by atoms with Crippen molar-refractivity contribution in [3.05, 3.63) is 47.5 Å². The fourth-order valence-electron chi connectivity index (χ4n) is 3.63. The SMILES string of the molecule is CCc1ccc2nc(N3CCN(C(=O)c4c(OC)cccc4OC)CC3)sc2c1. The Morgan fingerprint density at radius 3 is 2.38 bits per heavy atom. The number of carbonyl (C=O) groups is 1. The average molecular weight is 412 g/mol. The van der Waals surface area contributed by atoms with Crippen LogP contribution in [0.4, 0.5) is 5.13 Å². The molecule has 7 heteroatoms. The molecule has 1 saturated heterocycles. The van der Waals surface area contributed by atoms with Crippen LogP contribution >= 0.6 is 11.3 Å². The van der Waals surface area contributed by atoms with Crippen molar-refractivity contribution in [2.75, 3.05) is 45.3 Å². The Kier molecular flexibility index (Phi) is 5.58. The summed E-state index contributed by atoms with van der Waals surface area (Å²) in [4.78, 5) is 22.1. The molecule has 1 aliphatic rings. The van der Waals surface area contributed by atoms with Crippen molar-refractivity contribution < 1.29 is 14.3 Å². The lowest BCUT2D eigenvalue weighted by atomic mass is 10.1. The first-order chi connectivity index (χ1) is 14.1. The lowest BCUT2D eigenvalue weighted by Crippen LogP contribution is -2.48. The Labute approximate surface area is 174 Å². The number of anilines is 1. The molecule has 29 heavy (non-hydrogen) atoms. The largest absolute Gasteiger partial charge is 0.496 e. The van der Waals surface area contributed by atoms with Crippen molar-refractivity contribution in [1.29, 1.82) is 0 Å². The summed E-state index contributed by atoms with van der Waals surface area (Å²) in [5.74, 6) is 1.01. The van der Waals surface area contributed by atoms with Crippen molar-refractivity contribution in [3.8, 4) is 11.5 Å². The molecule has 1 fully saturated rings. The molecule has 1 aliphatic heterocycles. The maximum absolute atomic E-state index is 13.1. The molecule has 0 unspecified atom stereocenters. The van der Waals surface area contributed by atoms with Gasteiger partial charge in [-0.2, -0.15) is 0 Å². The van der Waals surface area contributed by atoms with Crippen LogP contribution in [0.3, 0.4) is 0 Å². The molecule has 1 amide bonds. The number of piperazine rings is 1. The van der Waals surface area contributed by atoms with E-state index in [-0.39, 0.29) is 5.91 Å². The minimum atomic E-state index is -0.0594. The first-order valence-corrected chi connectivity index (χ1v) is 10.6. The van der Waals surface area contributed by atoms with Crippen LogP contribution < -0.4 is 14.4 Å². The van der Waals surface area contributed by atoms with Crippen LogP contribution in [-0.2, 0) is 6.42 Å². The van der Waals surface area contributed by atoms with Gasteiger partial charge < -0.3 is 19.3 Å². The van der Waals surface area contributed by atoms with Gasteiger partial charge in [-0.05, 0) is 36.2 Å². The quantitative estimate of drug-likeness (QED) is 0.639. The molecule has 0 bridgehead atoms. The van der Waals surface area contributed by atoms with Gasteiger partial charge in [-0.3, -0.25) is 4.79 Å². The van der Waals surface area contributed by atoms with E-state index in [1.165, 1.54) is 10.3 Å². The summed E-state index contributed by atoms with van der Waals surface area (Å²) in [5, 5.41) is 1.02. The number of rotatable bonds is 5. The molecule has 2 aromatic carbocycles. The third-order valence-electron chi connectivity index (χ3n) is 5.33. The molecule has 0 N–H and O–H groups in total. The maximum Gasteiger partial charge on any atom is 0.261 e. The van der Waals surface area contributed by atoms with E-state index in [9.17, 15) is 4.79 Å². The van der Waals surface area contributed by atoms with Crippen LogP contribution in [0.2, 0.25) is 0 Å². The highest BCUT2D eigenvalue weighted by Crippen LogP contribution is 2.32. The van der Waals surface area contributed by atoms with E-state index >= 15 is 0 Å². The Morgan fingerprint density at radius 1 is 1.07 bits per heavy atom. The molecule has 6 nitrogen and oxygen atoms in total. The summed E-state index contributed by atoms with van der Waals surface area (Å²) in [6.45, 7) is 4.94. The van der Waals surface area contributed by atoms with Gasteiger partial charge in [0.1, 0.15) is 17.1 Å². The summed E-state index contributed by atoms with van der Waals surface area (Å²) in [5.41, 5.74) is 2.85. The highest BCUT2D eigenvalue weighted by molar-refractivity contribution is 7.22. The zero-order valence-corrected chi connectivity index (χ0v) is 17.8. The Hall–Kier alpha value is -2.80. The van der Waals surface area contributed by atoms with Crippen LogP contribution in [0.5, 0.6) is 11.5 Å². The van der Waals surface area contributed by atoms with Crippen LogP contribution in [0, 0.1) is 0 Å². The topological polar surface area (TPSA) is 54.9 Å². The number of hydrogen-bond acceptors (Lipinski definition) is 6. The van der Waals surface area contributed by atoms with Gasteiger partial charge in [-0.25, -0.2) is 4.98 Å². The predicted molar refractivity (Wildman–Crippen MR) is 117 cm³/mol. The van der Waals surface area contributed by atoms with Gasteiger partial charge in [0, 0.05) is 26.2 Å². The molecule has 1 aromatic heterocycles. The van der Waals surface area contributed by atoms with Crippen molar-refractivity contribution in [2.45, 2.75) is 13.3 Å². The van der Waals surface area contributed by atoms with Gasteiger partial charge in [-0.15, -0.1) is 0 Å². The third-order valence-corrected chi connectivity index (χ3v) is 6.41. The minimum Gasteiger partial charge on any atom is -0.496 e. The molecular weight excluding hydrogens is 386 g/mol. The summed E-state index contributed by atoms with van der Waals surface area (Å²) >= 11 is 1.72. The van der Waals surface area contributed by atoms with Gasteiger partial charge >= 0.3 is 0 Å². The molecule has 0 saturated carbocycles. The van der Waals surface area contributed by atoms with Gasteiger partial charge in [0.25, 0.3) is 5.91 Å². The molecule has 152 valence electrons. The van der Waals surface area contributed by atoms with Crippen molar-refractivity contribution in [2.24, 2.45) is 0 Å². The van der Waals surface area contributed by atoms with Crippen molar-refractivity contribution in [3.63, 3.8) is 0 Å². The van der Waals surface area contributed by atoms with Gasteiger partial charge in [0.15, 0.2) is 5.13 Å². The normalized spacial score (nSPS) is 14.3. The second kappa shape index (κ2) is 8.29. The highest BCUT2D eigenvalue weighted by atomic mass is 32.1. The number of carbonyl (C=O) groups excluding carboxylic acids is 1. The van der Waals surface area contributed by atoms with Crippen LogP contribution in [0.1, 0.15) is 22.8 Å². The average Bonchev–Trinajstić information content (AvgIpc) is 3.21. The minimum absolute atomic E-state index is 0.0594. The van der Waals surface area contributed by atoms with Crippen LogP contribution in [-0.4, -0.2) is 56.2 Å². The molecule has 3 aromatic rings. The van der Waals surface area contributed by atoms with Crippen molar-refractivity contribution >= 4 is 32.6 Å². The van der Waals surface area contributed by atoms with Gasteiger partial charge in [0.2, 0.25) is 0 Å². The van der Waals surface area contributed by atoms with E-state index < -0.39 is 0 Å². The van der Waals surface area contributed by atoms with Crippen molar-refractivity contribution in [1.82, 2.24) is 9.88 Å². The summed E-state index contributed by atoms with van der Waals surface area (Å²) < 4.78 is 12.0. The Balaban J connectivity index is 1.49. The third kappa shape index (κ3) is 3.74. The smallest absolute Gasteiger partial charge is 0.261 e. The number of aryl methyl sites for hydroxylation is 1. The lowest BCUT2D eigenvalue weighted by molar-refractivity contribution is 0.0740. The Morgan fingerprint density at radius 2 is 1.76 bits per heavy atom. The number of thiazole rings is 1. The first kappa shape index (κ1) is 19.5. The van der Waals surface area contributed by atoms with E-state index in [1.807, 2.05) is 11.0 Å². The Bertz CT molecular complexity index is 1000. The molecule has 4 rings (SSSR count). The van der Waals surface area contributed by atoms with E-state index in [0.29, 0.717) is 30.2 Å². The maximum atomic E-state index is 13.1. The zero-order valence-electron chi connectivity index (χ0n) is 17.0. The molecule has 0 aliphatic carbocycles. The second-order valence-electron chi connectivity index (χ2n) is 6.97. The number of nitrogens with zero attached hydrogens (tertiary/aromatic N) is 3. The summed E-state index contributed by atoms with van der Waals surface area (Å²) in [6, 6.07) is 11.9.